The average molecular weight is 171 g/mol. The Labute approximate surface area is 73.5 Å². The summed E-state index contributed by atoms with van der Waals surface area (Å²) in [6.45, 7) is 0. The first-order valence-electron chi connectivity index (χ1n) is 3.86. The van der Waals surface area contributed by atoms with Crippen LogP contribution in [-0.4, -0.2) is 10.2 Å². The van der Waals surface area contributed by atoms with Gasteiger partial charge in [0.1, 0.15) is 0 Å². The van der Waals surface area contributed by atoms with E-state index in [1.165, 1.54) is 0 Å². The zero-order valence-electron chi connectivity index (χ0n) is 6.60. The van der Waals surface area contributed by atoms with E-state index in [1.807, 2.05) is 18.2 Å². The maximum atomic E-state index is 3.89. The predicted molar refractivity (Wildman–Crippen MR) is 47.7 cm³/mol. The molecule has 2 heterocycles. The fourth-order valence-corrected chi connectivity index (χ4v) is 1.41. The van der Waals surface area contributed by atoms with Crippen LogP contribution in [0.25, 0.3) is 10.8 Å². The van der Waals surface area contributed by atoms with Gasteiger partial charge in [-0.1, -0.05) is 17.4 Å². The Morgan fingerprint density at radius 1 is 1.23 bits per heavy atom. The van der Waals surface area contributed by atoms with Crippen molar-refractivity contribution in [3.63, 3.8) is 0 Å². The molecule has 0 fully saturated rings. The molecule has 0 aliphatic carbocycles. The Morgan fingerprint density at radius 2 is 2.23 bits per heavy atom. The lowest BCUT2D eigenvalue weighted by molar-refractivity contribution is 0.990. The SMILES string of the molecule is c1cc2c3c(nncc3c1)N=NN2. The van der Waals surface area contributed by atoms with Crippen LogP contribution in [0.5, 0.6) is 0 Å². The second-order valence-corrected chi connectivity index (χ2v) is 2.75. The fourth-order valence-electron chi connectivity index (χ4n) is 1.41. The first-order chi connectivity index (χ1) is 6.45. The van der Waals surface area contributed by atoms with Gasteiger partial charge in [0.05, 0.1) is 17.3 Å². The molecule has 0 amide bonds. The lowest BCUT2D eigenvalue weighted by Crippen LogP contribution is -1.95. The number of nitrogens with zero attached hydrogens (tertiary/aromatic N) is 4. The quantitative estimate of drug-likeness (QED) is 0.659. The van der Waals surface area contributed by atoms with Gasteiger partial charge in [0.2, 0.25) is 5.82 Å². The van der Waals surface area contributed by atoms with Crippen molar-refractivity contribution < 1.29 is 0 Å². The first-order valence-corrected chi connectivity index (χ1v) is 3.86. The first kappa shape index (κ1) is 6.47. The number of aromatic nitrogens is 2. The molecule has 1 aromatic carbocycles. The van der Waals surface area contributed by atoms with E-state index in [9.17, 15) is 0 Å². The fraction of sp³-hybridized carbons (Fsp3) is 0. The van der Waals surface area contributed by atoms with Crippen LogP contribution in [0, 0.1) is 0 Å². The van der Waals surface area contributed by atoms with E-state index in [0.717, 1.165) is 16.5 Å². The van der Waals surface area contributed by atoms with Gasteiger partial charge in [0, 0.05) is 5.39 Å². The molecule has 0 saturated heterocycles. The van der Waals surface area contributed by atoms with E-state index in [4.69, 9.17) is 0 Å². The van der Waals surface area contributed by atoms with Gasteiger partial charge in [0.15, 0.2) is 0 Å². The minimum atomic E-state index is 0.576. The van der Waals surface area contributed by atoms with E-state index in [-0.39, 0.29) is 0 Å². The predicted octanol–water partition coefficient (Wildman–Crippen LogP) is 2.05. The van der Waals surface area contributed by atoms with Crippen molar-refractivity contribution >= 4 is 22.3 Å². The third kappa shape index (κ3) is 0.807. The van der Waals surface area contributed by atoms with Crippen molar-refractivity contribution in [1.82, 2.24) is 10.2 Å². The molecule has 2 aromatic rings. The summed E-state index contributed by atoms with van der Waals surface area (Å²) in [6, 6.07) is 5.85. The number of benzene rings is 1. The number of rotatable bonds is 0. The highest BCUT2D eigenvalue weighted by atomic mass is 15.4. The third-order valence-corrected chi connectivity index (χ3v) is 1.98. The number of anilines is 1. The minimum absolute atomic E-state index is 0.576. The summed E-state index contributed by atoms with van der Waals surface area (Å²) in [5.74, 6) is 0.576. The van der Waals surface area contributed by atoms with Crippen molar-refractivity contribution in [1.29, 1.82) is 0 Å². The van der Waals surface area contributed by atoms with Gasteiger partial charge in [-0.05, 0) is 6.07 Å². The molecule has 0 spiro atoms. The summed E-state index contributed by atoms with van der Waals surface area (Å²) >= 11 is 0. The van der Waals surface area contributed by atoms with Gasteiger partial charge in [0.25, 0.3) is 0 Å². The molecule has 1 N–H and O–H groups in total. The Kier molecular flexibility index (Phi) is 1.11. The summed E-state index contributed by atoms with van der Waals surface area (Å²) in [4.78, 5) is 0. The monoisotopic (exact) mass is 171 g/mol. The molecule has 0 unspecified atom stereocenters. The molecular weight excluding hydrogens is 166 g/mol. The van der Waals surface area contributed by atoms with E-state index >= 15 is 0 Å². The standard InChI is InChI=1S/C8H5N5/c1-2-5-4-9-11-8-7(5)6(3-1)10-13-12-8/h1-4H,(H,10,11,12). The topological polar surface area (TPSA) is 62.5 Å². The second kappa shape index (κ2) is 2.22. The maximum absolute atomic E-state index is 3.89. The zero-order chi connectivity index (χ0) is 8.67. The summed E-state index contributed by atoms with van der Waals surface area (Å²) < 4.78 is 0. The van der Waals surface area contributed by atoms with Crippen LogP contribution < -0.4 is 5.43 Å². The molecule has 13 heavy (non-hydrogen) atoms. The van der Waals surface area contributed by atoms with Gasteiger partial charge < -0.3 is 0 Å². The van der Waals surface area contributed by atoms with Gasteiger partial charge in [-0.3, -0.25) is 5.43 Å². The normalized spacial score (nSPS) is 12.9. The van der Waals surface area contributed by atoms with Gasteiger partial charge in [-0.2, -0.15) is 5.10 Å². The molecule has 5 heteroatoms. The van der Waals surface area contributed by atoms with Crippen molar-refractivity contribution in [2.24, 2.45) is 10.3 Å². The molecular formula is C8H5N5. The lowest BCUT2D eigenvalue weighted by atomic mass is 10.1. The minimum Gasteiger partial charge on any atom is -0.259 e. The summed E-state index contributed by atoms with van der Waals surface area (Å²) in [7, 11) is 0. The van der Waals surface area contributed by atoms with Crippen LogP contribution in [0.2, 0.25) is 0 Å². The van der Waals surface area contributed by atoms with Gasteiger partial charge in [-0.25, -0.2) is 0 Å². The number of nitrogens with one attached hydrogen (secondary N) is 1. The molecule has 62 valence electrons. The summed E-state index contributed by atoms with van der Waals surface area (Å²) in [5.41, 5.74) is 3.75. The maximum Gasteiger partial charge on any atom is 0.208 e. The average Bonchev–Trinajstić information content (AvgIpc) is 2.19. The molecule has 1 aliphatic rings. The summed E-state index contributed by atoms with van der Waals surface area (Å²) in [6.07, 6.45) is 1.71. The van der Waals surface area contributed by atoms with Crippen LogP contribution in [0.15, 0.2) is 34.7 Å². The van der Waals surface area contributed by atoms with Crippen LogP contribution in [0.1, 0.15) is 0 Å². The Hall–Kier alpha value is -2.04. The largest absolute Gasteiger partial charge is 0.259 e. The molecule has 1 aromatic heterocycles. The van der Waals surface area contributed by atoms with Crippen LogP contribution in [0.3, 0.4) is 0 Å². The Bertz CT molecular complexity index is 500. The van der Waals surface area contributed by atoms with E-state index in [1.54, 1.807) is 6.20 Å². The van der Waals surface area contributed by atoms with Gasteiger partial charge in [-0.15, -0.1) is 10.2 Å². The van der Waals surface area contributed by atoms with E-state index in [2.05, 4.69) is 26.0 Å². The lowest BCUT2D eigenvalue weighted by Gasteiger charge is -2.09. The Morgan fingerprint density at radius 3 is 3.23 bits per heavy atom. The molecule has 3 rings (SSSR count). The van der Waals surface area contributed by atoms with Crippen molar-refractivity contribution in [2.75, 3.05) is 5.43 Å². The third-order valence-electron chi connectivity index (χ3n) is 1.98. The van der Waals surface area contributed by atoms with Crippen LogP contribution in [0.4, 0.5) is 11.5 Å². The zero-order valence-corrected chi connectivity index (χ0v) is 6.60. The number of hydrogen-bond acceptors (Lipinski definition) is 5. The van der Waals surface area contributed by atoms with Crippen molar-refractivity contribution in [2.45, 2.75) is 0 Å². The second-order valence-electron chi connectivity index (χ2n) is 2.75. The molecule has 0 atom stereocenters. The van der Waals surface area contributed by atoms with Crippen molar-refractivity contribution in [3.05, 3.63) is 24.4 Å². The summed E-state index contributed by atoms with van der Waals surface area (Å²) in [5, 5.41) is 17.3. The molecule has 0 radical (unpaired) electrons. The smallest absolute Gasteiger partial charge is 0.208 e. The molecule has 1 aliphatic heterocycles. The highest BCUT2D eigenvalue weighted by Gasteiger charge is 2.10. The highest BCUT2D eigenvalue weighted by Crippen LogP contribution is 2.32. The van der Waals surface area contributed by atoms with Crippen LogP contribution in [-0.2, 0) is 0 Å². The van der Waals surface area contributed by atoms with Crippen LogP contribution >= 0.6 is 0 Å². The Balaban J connectivity index is 2.56. The molecule has 0 saturated carbocycles. The van der Waals surface area contributed by atoms with Gasteiger partial charge >= 0.3 is 0 Å². The van der Waals surface area contributed by atoms with Crippen molar-refractivity contribution in [3.8, 4) is 0 Å². The molecule has 5 nitrogen and oxygen atoms in total. The number of hydrogen-bond donors (Lipinski definition) is 1. The van der Waals surface area contributed by atoms with E-state index < -0.39 is 0 Å². The van der Waals surface area contributed by atoms with E-state index in [0.29, 0.717) is 5.82 Å². The highest BCUT2D eigenvalue weighted by molar-refractivity contribution is 6.00. The molecule has 0 bridgehead atoms.